The molecule has 2 aliphatic rings. The third-order valence-corrected chi connectivity index (χ3v) is 5.35. The number of fused-ring (bicyclic) bond motifs is 2. The van der Waals surface area contributed by atoms with Gasteiger partial charge in [-0.1, -0.05) is 18.6 Å². The zero-order valence-corrected chi connectivity index (χ0v) is 13.9. The molecule has 130 valence electrons. The van der Waals surface area contributed by atoms with Crippen molar-refractivity contribution in [3.05, 3.63) is 29.8 Å². The average molecular weight is 331 g/mol. The maximum atomic E-state index is 12.1. The molecule has 0 heterocycles. The van der Waals surface area contributed by atoms with Crippen molar-refractivity contribution < 1.29 is 19.4 Å². The van der Waals surface area contributed by atoms with E-state index in [9.17, 15) is 9.59 Å². The molecular formula is C19H25NO4. The Balaban J connectivity index is 1.35. The van der Waals surface area contributed by atoms with Gasteiger partial charge in [-0.3, -0.25) is 4.79 Å². The first-order valence-electron chi connectivity index (χ1n) is 8.80. The molecule has 0 aliphatic heterocycles. The predicted octanol–water partition coefficient (Wildman–Crippen LogP) is 2.64. The molecule has 0 aromatic heterocycles. The molecule has 3 unspecified atom stereocenters. The first-order chi connectivity index (χ1) is 11.6. The first kappa shape index (κ1) is 16.8. The number of amides is 1. The van der Waals surface area contributed by atoms with E-state index >= 15 is 0 Å². The number of carbonyl (C=O) groups excluding carboxylic acids is 1. The maximum absolute atomic E-state index is 12.1. The predicted molar refractivity (Wildman–Crippen MR) is 89.8 cm³/mol. The van der Waals surface area contributed by atoms with Crippen LogP contribution < -0.4 is 10.1 Å². The lowest BCUT2D eigenvalue weighted by molar-refractivity contribution is -0.139. The minimum absolute atomic E-state index is 0.175. The second-order valence-corrected chi connectivity index (χ2v) is 7.07. The molecule has 3 atom stereocenters. The highest BCUT2D eigenvalue weighted by molar-refractivity contribution is 5.76. The van der Waals surface area contributed by atoms with Crippen LogP contribution in [0.5, 0.6) is 5.75 Å². The molecular weight excluding hydrogens is 306 g/mol. The Morgan fingerprint density at radius 1 is 1.17 bits per heavy atom. The second-order valence-electron chi connectivity index (χ2n) is 7.07. The second kappa shape index (κ2) is 7.69. The molecule has 24 heavy (non-hydrogen) atoms. The van der Waals surface area contributed by atoms with Gasteiger partial charge in [-0.2, -0.15) is 0 Å². The van der Waals surface area contributed by atoms with Gasteiger partial charge in [0.05, 0.1) is 0 Å². The van der Waals surface area contributed by atoms with Gasteiger partial charge in [0.25, 0.3) is 0 Å². The van der Waals surface area contributed by atoms with Crippen LogP contribution in [0.3, 0.4) is 0 Å². The van der Waals surface area contributed by atoms with Gasteiger partial charge in [-0.05, 0) is 61.1 Å². The molecule has 5 nitrogen and oxygen atoms in total. The molecule has 3 rings (SSSR count). The van der Waals surface area contributed by atoms with Crippen molar-refractivity contribution in [2.45, 2.75) is 38.5 Å². The van der Waals surface area contributed by atoms with Crippen molar-refractivity contribution in [2.75, 3.05) is 13.2 Å². The molecule has 0 radical (unpaired) electrons. The summed E-state index contributed by atoms with van der Waals surface area (Å²) >= 11 is 0. The Hall–Kier alpha value is -2.04. The molecule has 2 bridgehead atoms. The molecule has 1 amide bonds. The number of carboxylic acids is 1. The fourth-order valence-electron chi connectivity index (χ4n) is 4.18. The van der Waals surface area contributed by atoms with Crippen molar-refractivity contribution in [1.29, 1.82) is 0 Å². The molecule has 1 aromatic rings. The lowest BCUT2D eigenvalue weighted by Gasteiger charge is -2.20. The molecule has 0 saturated heterocycles. The number of aliphatic carboxylic acids is 1. The van der Waals surface area contributed by atoms with Gasteiger partial charge in [0.2, 0.25) is 5.91 Å². The number of benzene rings is 1. The number of nitrogens with one attached hydrogen (secondary N) is 1. The van der Waals surface area contributed by atoms with Gasteiger partial charge >= 0.3 is 5.97 Å². The third-order valence-electron chi connectivity index (χ3n) is 5.35. The standard InChI is InChI=1S/C19H25NO4/c21-18(11-16-10-14-1-4-15(16)9-14)20-8-7-13-2-5-17(6-3-13)24-12-19(22)23/h2-3,5-6,14-16H,1,4,7-12H2,(H,20,21)(H,22,23). The summed E-state index contributed by atoms with van der Waals surface area (Å²) in [4.78, 5) is 22.5. The SMILES string of the molecule is O=C(O)COc1ccc(CCNC(=O)CC2CC3CCC2C3)cc1. The average Bonchev–Trinajstić information content (AvgIpc) is 3.17. The van der Waals surface area contributed by atoms with Gasteiger partial charge in [0.15, 0.2) is 6.61 Å². The van der Waals surface area contributed by atoms with Gasteiger partial charge in [0, 0.05) is 13.0 Å². The minimum atomic E-state index is -0.989. The van der Waals surface area contributed by atoms with Crippen molar-refractivity contribution in [2.24, 2.45) is 17.8 Å². The minimum Gasteiger partial charge on any atom is -0.482 e. The van der Waals surface area contributed by atoms with Gasteiger partial charge < -0.3 is 15.2 Å². The van der Waals surface area contributed by atoms with Gasteiger partial charge in [-0.25, -0.2) is 4.79 Å². The topological polar surface area (TPSA) is 75.6 Å². The van der Waals surface area contributed by atoms with Gasteiger partial charge in [-0.15, -0.1) is 0 Å². The lowest BCUT2D eigenvalue weighted by Crippen LogP contribution is -2.29. The number of hydrogen-bond donors (Lipinski definition) is 2. The summed E-state index contributed by atoms with van der Waals surface area (Å²) in [7, 11) is 0. The normalized spacial score (nSPS) is 24.8. The molecule has 2 saturated carbocycles. The van der Waals surface area contributed by atoms with E-state index in [4.69, 9.17) is 9.84 Å². The molecule has 2 aliphatic carbocycles. The molecule has 1 aromatic carbocycles. The highest BCUT2D eigenvalue weighted by atomic mass is 16.5. The van der Waals surface area contributed by atoms with Crippen LogP contribution in [0.4, 0.5) is 0 Å². The fourth-order valence-corrected chi connectivity index (χ4v) is 4.18. The van der Waals surface area contributed by atoms with Crippen molar-refractivity contribution in [1.82, 2.24) is 5.32 Å². The zero-order chi connectivity index (χ0) is 16.9. The molecule has 5 heteroatoms. The van der Waals surface area contributed by atoms with E-state index in [0.29, 0.717) is 24.6 Å². The highest BCUT2D eigenvalue weighted by Crippen LogP contribution is 2.49. The summed E-state index contributed by atoms with van der Waals surface area (Å²) in [5, 5.41) is 11.6. The highest BCUT2D eigenvalue weighted by Gasteiger charge is 2.39. The van der Waals surface area contributed by atoms with Crippen molar-refractivity contribution >= 4 is 11.9 Å². The van der Waals surface area contributed by atoms with Crippen molar-refractivity contribution in [3.8, 4) is 5.75 Å². The van der Waals surface area contributed by atoms with Crippen molar-refractivity contribution in [3.63, 3.8) is 0 Å². The summed E-state index contributed by atoms with van der Waals surface area (Å²) in [6.07, 6.45) is 6.73. The number of ether oxygens (including phenoxy) is 1. The number of carbonyl (C=O) groups is 2. The number of hydrogen-bond acceptors (Lipinski definition) is 3. The van der Waals surface area contributed by atoms with E-state index in [1.807, 2.05) is 12.1 Å². The smallest absolute Gasteiger partial charge is 0.341 e. The Morgan fingerprint density at radius 3 is 2.58 bits per heavy atom. The van der Waals surface area contributed by atoms with Crippen LogP contribution >= 0.6 is 0 Å². The maximum Gasteiger partial charge on any atom is 0.341 e. The fraction of sp³-hybridized carbons (Fsp3) is 0.579. The number of rotatable bonds is 8. The monoisotopic (exact) mass is 331 g/mol. The Morgan fingerprint density at radius 2 is 1.96 bits per heavy atom. The van der Waals surface area contributed by atoms with E-state index < -0.39 is 5.97 Å². The summed E-state index contributed by atoms with van der Waals surface area (Å²) in [6.45, 7) is 0.299. The Kier molecular flexibility index (Phi) is 5.38. The summed E-state index contributed by atoms with van der Waals surface area (Å²) < 4.78 is 5.09. The van der Waals surface area contributed by atoms with Crippen LogP contribution in [-0.2, 0) is 16.0 Å². The van der Waals surface area contributed by atoms with Gasteiger partial charge in [0.1, 0.15) is 5.75 Å². The Labute approximate surface area is 142 Å². The van der Waals surface area contributed by atoms with Crippen LogP contribution in [0.25, 0.3) is 0 Å². The quantitative estimate of drug-likeness (QED) is 0.768. The van der Waals surface area contributed by atoms with E-state index in [1.165, 1.54) is 25.7 Å². The first-order valence-corrected chi connectivity index (χ1v) is 8.80. The van der Waals surface area contributed by atoms with Crippen LogP contribution in [0.2, 0.25) is 0 Å². The molecule has 2 N–H and O–H groups in total. The van der Waals surface area contributed by atoms with E-state index in [2.05, 4.69) is 5.32 Å². The molecule has 2 fully saturated rings. The lowest BCUT2D eigenvalue weighted by atomic mass is 9.86. The van der Waals surface area contributed by atoms with Crippen LogP contribution in [0, 0.1) is 17.8 Å². The Bertz CT molecular complexity index is 584. The van der Waals surface area contributed by atoms with E-state index in [1.54, 1.807) is 12.1 Å². The van der Waals surface area contributed by atoms with E-state index in [0.717, 1.165) is 23.8 Å². The third kappa shape index (κ3) is 4.49. The number of carboxylic acid groups (broad SMARTS) is 1. The summed E-state index contributed by atoms with van der Waals surface area (Å²) in [6, 6.07) is 7.32. The van der Waals surface area contributed by atoms with Crippen LogP contribution in [0.15, 0.2) is 24.3 Å². The van der Waals surface area contributed by atoms with E-state index in [-0.39, 0.29) is 12.5 Å². The van der Waals surface area contributed by atoms with Crippen LogP contribution in [0.1, 0.15) is 37.7 Å². The summed E-state index contributed by atoms with van der Waals surface area (Å²) in [5.74, 6) is 2.01. The molecule has 0 spiro atoms. The largest absolute Gasteiger partial charge is 0.482 e. The summed E-state index contributed by atoms with van der Waals surface area (Å²) in [5.41, 5.74) is 1.10. The zero-order valence-electron chi connectivity index (χ0n) is 13.9. The van der Waals surface area contributed by atoms with Crippen LogP contribution in [-0.4, -0.2) is 30.1 Å².